The van der Waals surface area contributed by atoms with Crippen LogP contribution in [-0.4, -0.2) is 68.1 Å². The van der Waals surface area contributed by atoms with Crippen LogP contribution in [-0.2, 0) is 16.6 Å². The Kier molecular flexibility index (Phi) is 8.94. The third kappa shape index (κ3) is 6.79. The van der Waals surface area contributed by atoms with Gasteiger partial charge in [0.05, 0.1) is 28.8 Å². The second-order valence-electron chi connectivity index (χ2n) is 10.4. The molecule has 0 radical (unpaired) electrons. The fraction of sp³-hybridized carbons (Fsp3) is 0.367. The molecule has 8 nitrogen and oxygen atoms in total. The van der Waals surface area contributed by atoms with Crippen molar-refractivity contribution in [3.05, 3.63) is 89.5 Å². The summed E-state index contributed by atoms with van der Waals surface area (Å²) >= 11 is 0. The van der Waals surface area contributed by atoms with Crippen LogP contribution in [0.15, 0.2) is 77.7 Å². The van der Waals surface area contributed by atoms with Crippen molar-refractivity contribution in [2.24, 2.45) is 5.92 Å². The number of nitrogens with zero attached hydrogens (tertiary/aromatic N) is 2. The van der Waals surface area contributed by atoms with E-state index >= 15 is 0 Å². The van der Waals surface area contributed by atoms with Gasteiger partial charge in [-0.25, -0.2) is 8.42 Å². The van der Waals surface area contributed by atoms with Crippen molar-refractivity contribution in [2.75, 3.05) is 31.5 Å². The Morgan fingerprint density at radius 3 is 2.44 bits per heavy atom. The van der Waals surface area contributed by atoms with Gasteiger partial charge in [0.1, 0.15) is 6.10 Å². The topological polar surface area (TPSA) is 99.2 Å². The zero-order valence-corrected chi connectivity index (χ0v) is 23.7. The van der Waals surface area contributed by atoms with Crippen LogP contribution in [0.5, 0.6) is 5.75 Å². The zero-order chi connectivity index (χ0) is 28.2. The molecule has 3 aromatic carbocycles. The minimum absolute atomic E-state index is 0.101. The van der Waals surface area contributed by atoms with E-state index in [9.17, 15) is 18.3 Å². The maximum atomic E-state index is 13.7. The number of ether oxygens (including phenoxy) is 1. The highest BCUT2D eigenvalue weighted by Gasteiger charge is 2.35. The van der Waals surface area contributed by atoms with Gasteiger partial charge in [0.15, 0.2) is 5.75 Å². The molecule has 0 unspecified atom stereocenters. The number of likely N-dealkylation sites (N-methyl/N-ethyl adjacent to an activating group) is 1. The first-order valence-electron chi connectivity index (χ1n) is 13.1. The molecule has 0 bridgehead atoms. The number of hydrogen-bond donors (Lipinski definition) is 2. The van der Waals surface area contributed by atoms with Crippen LogP contribution < -0.4 is 9.46 Å². The van der Waals surface area contributed by atoms with Crippen LogP contribution in [0.3, 0.4) is 0 Å². The van der Waals surface area contributed by atoms with Crippen LogP contribution in [0.4, 0.5) is 5.69 Å². The molecule has 1 aliphatic rings. The Labute approximate surface area is 231 Å². The van der Waals surface area contributed by atoms with Crippen molar-refractivity contribution >= 4 is 21.6 Å². The number of sulfonamides is 1. The fourth-order valence-electron chi connectivity index (χ4n) is 4.73. The van der Waals surface area contributed by atoms with Crippen molar-refractivity contribution in [1.82, 2.24) is 9.80 Å². The van der Waals surface area contributed by atoms with E-state index in [-0.39, 0.29) is 46.4 Å². The lowest BCUT2D eigenvalue weighted by atomic mass is 9.99. The number of anilines is 1. The molecule has 3 atom stereocenters. The van der Waals surface area contributed by atoms with Crippen molar-refractivity contribution in [2.45, 2.75) is 44.4 Å². The average Bonchev–Trinajstić information content (AvgIpc) is 2.91. The molecule has 1 heterocycles. The van der Waals surface area contributed by atoms with Crippen LogP contribution in [0.25, 0.3) is 0 Å². The van der Waals surface area contributed by atoms with Gasteiger partial charge in [0, 0.05) is 25.6 Å². The molecule has 2 N–H and O–H groups in total. The zero-order valence-electron chi connectivity index (χ0n) is 22.9. The molecule has 208 valence electrons. The Morgan fingerprint density at radius 1 is 1.08 bits per heavy atom. The van der Waals surface area contributed by atoms with E-state index in [4.69, 9.17) is 4.74 Å². The molecular weight excluding hydrogens is 514 g/mol. The summed E-state index contributed by atoms with van der Waals surface area (Å²) in [4.78, 5) is 17.6. The Bertz CT molecular complexity index is 1380. The Hall–Kier alpha value is -3.40. The normalized spacial score (nSPS) is 18.6. The van der Waals surface area contributed by atoms with Crippen LogP contribution >= 0.6 is 0 Å². The highest BCUT2D eigenvalue weighted by Crippen LogP contribution is 2.36. The minimum atomic E-state index is -3.94. The SMILES string of the molecule is Cc1ccc(S(=O)(=O)Nc2cccc3c2O[C@H](CN(C)Cc2ccccc2)[C@@H](C)CN([C@@H](C)CO)C3=O)cc1. The van der Waals surface area contributed by atoms with Gasteiger partial charge in [-0.1, -0.05) is 61.0 Å². The summed E-state index contributed by atoms with van der Waals surface area (Å²) < 4.78 is 35.7. The summed E-state index contributed by atoms with van der Waals surface area (Å²) in [6.07, 6.45) is -0.357. The van der Waals surface area contributed by atoms with Gasteiger partial charge in [-0.2, -0.15) is 0 Å². The van der Waals surface area contributed by atoms with Gasteiger partial charge in [-0.05, 0) is 50.7 Å². The number of aliphatic hydroxyl groups is 1. The predicted octanol–water partition coefficient (Wildman–Crippen LogP) is 4.15. The number of carbonyl (C=O) groups is 1. The molecule has 0 aromatic heterocycles. The van der Waals surface area contributed by atoms with Crippen LogP contribution in [0, 0.1) is 12.8 Å². The summed E-state index contributed by atoms with van der Waals surface area (Å²) in [5.41, 5.74) is 2.56. The fourth-order valence-corrected chi connectivity index (χ4v) is 5.79. The smallest absolute Gasteiger partial charge is 0.262 e. The Morgan fingerprint density at radius 2 is 1.77 bits per heavy atom. The van der Waals surface area contributed by atoms with Gasteiger partial charge in [-0.3, -0.25) is 14.4 Å². The van der Waals surface area contributed by atoms with Gasteiger partial charge < -0.3 is 14.7 Å². The maximum Gasteiger partial charge on any atom is 0.262 e. The highest BCUT2D eigenvalue weighted by atomic mass is 32.2. The van der Waals surface area contributed by atoms with Gasteiger partial charge in [-0.15, -0.1) is 0 Å². The van der Waals surface area contributed by atoms with E-state index in [2.05, 4.69) is 21.8 Å². The minimum Gasteiger partial charge on any atom is -0.486 e. The van der Waals surface area contributed by atoms with Crippen molar-refractivity contribution in [3.8, 4) is 5.75 Å². The Balaban J connectivity index is 1.71. The summed E-state index contributed by atoms with van der Waals surface area (Å²) in [7, 11) is -1.93. The number of fused-ring (bicyclic) bond motifs is 1. The number of aliphatic hydroxyl groups excluding tert-OH is 1. The van der Waals surface area contributed by atoms with Crippen LogP contribution in [0.1, 0.15) is 35.3 Å². The van der Waals surface area contributed by atoms with Gasteiger partial charge in [0.2, 0.25) is 0 Å². The van der Waals surface area contributed by atoms with E-state index < -0.39 is 16.1 Å². The lowest BCUT2D eigenvalue weighted by Crippen LogP contribution is -2.49. The third-order valence-electron chi connectivity index (χ3n) is 7.05. The number of benzene rings is 3. The molecule has 1 aliphatic heterocycles. The molecular formula is C30H37N3O5S. The third-order valence-corrected chi connectivity index (χ3v) is 8.44. The number of hydrogen-bond acceptors (Lipinski definition) is 6. The van der Waals surface area contributed by atoms with Gasteiger partial charge >= 0.3 is 0 Å². The van der Waals surface area contributed by atoms with Crippen molar-refractivity contribution in [1.29, 1.82) is 0 Å². The molecule has 4 rings (SSSR count). The number of carbonyl (C=O) groups excluding carboxylic acids is 1. The number of aryl methyl sites for hydroxylation is 1. The highest BCUT2D eigenvalue weighted by molar-refractivity contribution is 7.92. The second kappa shape index (κ2) is 12.2. The number of rotatable bonds is 9. The number of nitrogens with one attached hydrogen (secondary N) is 1. The van der Waals surface area contributed by atoms with E-state index in [1.807, 2.05) is 39.1 Å². The largest absolute Gasteiger partial charge is 0.486 e. The monoisotopic (exact) mass is 551 g/mol. The number of para-hydroxylation sites is 1. The molecule has 0 aliphatic carbocycles. The predicted molar refractivity (Wildman–Crippen MR) is 152 cm³/mol. The van der Waals surface area contributed by atoms with E-state index in [1.165, 1.54) is 0 Å². The summed E-state index contributed by atoms with van der Waals surface area (Å²) in [5, 5.41) is 9.90. The first-order valence-corrected chi connectivity index (χ1v) is 14.6. The molecule has 1 amide bonds. The first-order chi connectivity index (χ1) is 18.6. The molecule has 0 saturated heterocycles. The lowest BCUT2D eigenvalue weighted by Gasteiger charge is -2.38. The molecule has 9 heteroatoms. The molecule has 0 spiro atoms. The quantitative estimate of drug-likeness (QED) is 0.415. The summed E-state index contributed by atoms with van der Waals surface area (Å²) in [6, 6.07) is 21.1. The lowest BCUT2D eigenvalue weighted by molar-refractivity contribution is 0.0344. The average molecular weight is 552 g/mol. The van der Waals surface area contributed by atoms with E-state index in [1.54, 1.807) is 54.3 Å². The van der Waals surface area contributed by atoms with Crippen molar-refractivity contribution < 1.29 is 23.1 Å². The summed E-state index contributed by atoms with van der Waals surface area (Å²) in [5.74, 6) is -0.222. The van der Waals surface area contributed by atoms with E-state index in [0.717, 1.165) is 11.1 Å². The molecule has 3 aromatic rings. The molecule has 0 fully saturated rings. The summed E-state index contributed by atoms with van der Waals surface area (Å²) in [6.45, 7) is 7.15. The second-order valence-corrected chi connectivity index (χ2v) is 12.1. The maximum absolute atomic E-state index is 13.7. The molecule has 0 saturated carbocycles. The standard InChI is InChI=1S/C30H37N3O5S/c1-21-13-15-25(16-14-21)39(36,37)31-27-12-8-11-26-29(27)38-28(19-32(4)18-24-9-6-5-7-10-24)22(2)17-33(30(26)35)23(3)20-34/h5-16,22-23,28,31,34H,17-20H2,1-4H3/t22-,23-,28+/m0/s1. The molecule has 39 heavy (non-hydrogen) atoms. The number of amides is 1. The van der Waals surface area contributed by atoms with Crippen molar-refractivity contribution in [3.63, 3.8) is 0 Å². The van der Waals surface area contributed by atoms with Crippen LogP contribution in [0.2, 0.25) is 0 Å². The first kappa shape index (κ1) is 28.6. The van der Waals surface area contributed by atoms with E-state index in [0.29, 0.717) is 19.6 Å². The van der Waals surface area contributed by atoms with Gasteiger partial charge in [0.25, 0.3) is 15.9 Å².